The van der Waals surface area contributed by atoms with Crippen LogP contribution in [0.3, 0.4) is 0 Å². The van der Waals surface area contributed by atoms with Gasteiger partial charge in [0, 0.05) is 5.69 Å². The van der Waals surface area contributed by atoms with E-state index in [2.05, 4.69) is 6.58 Å². The van der Waals surface area contributed by atoms with Gasteiger partial charge in [-0.1, -0.05) is 30.9 Å². The van der Waals surface area contributed by atoms with E-state index in [1.807, 2.05) is 13.0 Å². The van der Waals surface area contributed by atoms with Crippen molar-refractivity contribution in [2.45, 2.75) is 13.0 Å². The third kappa shape index (κ3) is 3.88. The highest BCUT2D eigenvalue weighted by Gasteiger charge is 2.44. The maximum atomic E-state index is 13.7. The molecule has 0 aliphatic carbocycles. The van der Waals surface area contributed by atoms with E-state index in [9.17, 15) is 9.59 Å². The number of amides is 1. The zero-order valence-electron chi connectivity index (χ0n) is 20.0. The lowest BCUT2D eigenvalue weighted by Crippen LogP contribution is -2.29. The van der Waals surface area contributed by atoms with Gasteiger partial charge in [0.15, 0.2) is 16.9 Å². The summed E-state index contributed by atoms with van der Waals surface area (Å²) in [5.74, 6) is 1.33. The topological polar surface area (TPSA) is 78.2 Å². The van der Waals surface area contributed by atoms with Crippen LogP contribution in [0.1, 0.15) is 34.6 Å². The lowest BCUT2D eigenvalue weighted by Gasteiger charge is -2.26. The van der Waals surface area contributed by atoms with Crippen molar-refractivity contribution in [3.63, 3.8) is 0 Å². The number of benzene rings is 3. The van der Waals surface area contributed by atoms with Gasteiger partial charge < -0.3 is 18.6 Å². The fraction of sp³-hybridized carbons (Fsp3) is 0.172. The monoisotopic (exact) mass is 483 g/mol. The van der Waals surface area contributed by atoms with Crippen LogP contribution in [0.15, 0.2) is 88.6 Å². The number of rotatable bonds is 8. The minimum absolute atomic E-state index is 0.0311. The Balaban J connectivity index is 1.71. The highest BCUT2D eigenvalue weighted by atomic mass is 16.5. The summed E-state index contributed by atoms with van der Waals surface area (Å²) in [6, 6.07) is 18.8. The van der Waals surface area contributed by atoms with Gasteiger partial charge in [0.05, 0.1) is 30.7 Å². The molecule has 0 bridgehead atoms. The van der Waals surface area contributed by atoms with E-state index in [-0.39, 0.29) is 16.8 Å². The summed E-state index contributed by atoms with van der Waals surface area (Å²) in [5, 5.41) is 0.417. The fourth-order valence-corrected chi connectivity index (χ4v) is 4.49. The van der Waals surface area contributed by atoms with Crippen molar-refractivity contribution < 1.29 is 23.4 Å². The average molecular weight is 484 g/mol. The Morgan fingerprint density at radius 1 is 1.00 bits per heavy atom. The van der Waals surface area contributed by atoms with Crippen molar-refractivity contribution in [2.24, 2.45) is 0 Å². The van der Waals surface area contributed by atoms with E-state index in [1.165, 1.54) is 0 Å². The Labute approximate surface area is 208 Å². The van der Waals surface area contributed by atoms with E-state index < -0.39 is 11.9 Å². The van der Waals surface area contributed by atoms with Gasteiger partial charge in [0.25, 0.3) is 5.91 Å². The van der Waals surface area contributed by atoms with Gasteiger partial charge >= 0.3 is 0 Å². The molecule has 0 fully saturated rings. The molecule has 1 atom stereocenters. The van der Waals surface area contributed by atoms with Crippen LogP contribution in [0, 0.1) is 0 Å². The SMILES string of the molecule is C=CCOc1ccc(C2c3c(oc4ccccc4c3=O)C(=O)N2c2ccc(OCC)cc2)cc1OC. The first-order valence-electron chi connectivity index (χ1n) is 11.6. The molecule has 1 aliphatic heterocycles. The Morgan fingerprint density at radius 3 is 2.50 bits per heavy atom. The predicted molar refractivity (Wildman–Crippen MR) is 137 cm³/mol. The molecule has 7 heteroatoms. The van der Waals surface area contributed by atoms with Crippen LogP contribution in [0.5, 0.6) is 17.2 Å². The number of fused-ring (bicyclic) bond motifs is 2. The molecule has 4 aromatic rings. The summed E-state index contributed by atoms with van der Waals surface area (Å²) in [7, 11) is 1.54. The van der Waals surface area contributed by atoms with Crippen LogP contribution in [0.4, 0.5) is 5.69 Å². The van der Waals surface area contributed by atoms with Gasteiger partial charge in [-0.05, 0) is 61.0 Å². The molecular weight excluding hydrogens is 458 g/mol. The minimum Gasteiger partial charge on any atom is -0.494 e. The molecule has 0 N–H and O–H groups in total. The molecule has 182 valence electrons. The lowest BCUT2D eigenvalue weighted by atomic mass is 9.97. The van der Waals surface area contributed by atoms with Crippen LogP contribution in [-0.2, 0) is 0 Å². The number of hydrogen-bond donors (Lipinski definition) is 0. The number of methoxy groups -OCH3 is 1. The molecule has 0 spiro atoms. The van der Waals surface area contributed by atoms with Gasteiger partial charge in [-0.25, -0.2) is 0 Å². The maximum absolute atomic E-state index is 13.7. The molecule has 3 aromatic carbocycles. The predicted octanol–water partition coefficient (Wildman–Crippen LogP) is 5.51. The lowest BCUT2D eigenvalue weighted by molar-refractivity contribution is 0.0971. The summed E-state index contributed by atoms with van der Waals surface area (Å²) in [6.45, 7) is 6.42. The molecule has 0 radical (unpaired) electrons. The van der Waals surface area contributed by atoms with Crippen molar-refractivity contribution in [3.8, 4) is 17.2 Å². The third-order valence-corrected chi connectivity index (χ3v) is 6.06. The first-order chi connectivity index (χ1) is 17.6. The van der Waals surface area contributed by atoms with Crippen LogP contribution in [0.25, 0.3) is 11.0 Å². The van der Waals surface area contributed by atoms with E-state index in [0.29, 0.717) is 52.7 Å². The maximum Gasteiger partial charge on any atom is 0.295 e. The quantitative estimate of drug-likeness (QED) is 0.307. The molecule has 0 saturated carbocycles. The van der Waals surface area contributed by atoms with Gasteiger partial charge in [-0.3, -0.25) is 14.5 Å². The molecule has 1 aromatic heterocycles. The van der Waals surface area contributed by atoms with E-state index >= 15 is 0 Å². The molecule has 1 aliphatic rings. The number of carbonyl (C=O) groups excluding carboxylic acids is 1. The van der Waals surface area contributed by atoms with Gasteiger partial charge in [-0.2, -0.15) is 0 Å². The second-order valence-electron chi connectivity index (χ2n) is 8.18. The Kier molecular flexibility index (Phi) is 6.21. The largest absolute Gasteiger partial charge is 0.494 e. The number of hydrogen-bond acceptors (Lipinski definition) is 6. The van der Waals surface area contributed by atoms with Crippen molar-refractivity contribution >= 4 is 22.6 Å². The number of nitrogens with zero attached hydrogens (tertiary/aromatic N) is 1. The Morgan fingerprint density at radius 2 is 1.78 bits per heavy atom. The van der Waals surface area contributed by atoms with E-state index in [0.717, 1.165) is 0 Å². The summed E-state index contributed by atoms with van der Waals surface area (Å²) < 4.78 is 22.8. The molecule has 5 rings (SSSR count). The van der Waals surface area contributed by atoms with Crippen LogP contribution in [-0.4, -0.2) is 26.2 Å². The van der Waals surface area contributed by atoms with Gasteiger partial charge in [0.1, 0.15) is 17.9 Å². The molecular formula is C29H25NO6. The highest BCUT2D eigenvalue weighted by Crippen LogP contribution is 2.43. The molecule has 0 saturated heterocycles. The standard InChI is InChI=1S/C29H25NO6/c1-4-16-35-23-15-10-18(17-24(23)33-3)26-25-27(31)21-8-6-7-9-22(21)36-28(25)29(32)30(26)19-11-13-20(14-12-19)34-5-2/h4,6-15,17,26H,1,5,16H2,2-3H3. The van der Waals surface area contributed by atoms with E-state index in [4.69, 9.17) is 18.6 Å². The van der Waals surface area contributed by atoms with Crippen molar-refractivity contribution in [3.05, 3.63) is 106 Å². The number of carbonyl (C=O) groups is 1. The van der Waals surface area contributed by atoms with Crippen LogP contribution >= 0.6 is 0 Å². The number of anilines is 1. The zero-order chi connectivity index (χ0) is 25.2. The summed E-state index contributed by atoms with van der Waals surface area (Å²) in [5.41, 5.74) is 1.70. The molecule has 1 amide bonds. The molecule has 7 nitrogen and oxygen atoms in total. The highest BCUT2D eigenvalue weighted by molar-refractivity contribution is 6.10. The summed E-state index contributed by atoms with van der Waals surface area (Å²) in [4.78, 5) is 29.0. The van der Waals surface area contributed by atoms with Crippen molar-refractivity contribution in [2.75, 3.05) is 25.2 Å². The molecule has 2 heterocycles. The van der Waals surface area contributed by atoms with E-state index in [1.54, 1.807) is 78.7 Å². The summed E-state index contributed by atoms with van der Waals surface area (Å²) in [6.07, 6.45) is 1.64. The number of ether oxygens (including phenoxy) is 3. The number of para-hydroxylation sites is 1. The average Bonchev–Trinajstić information content (AvgIpc) is 3.20. The molecule has 1 unspecified atom stereocenters. The van der Waals surface area contributed by atoms with Gasteiger partial charge in [0.2, 0.25) is 5.76 Å². The van der Waals surface area contributed by atoms with Crippen molar-refractivity contribution in [1.29, 1.82) is 0 Å². The van der Waals surface area contributed by atoms with Crippen molar-refractivity contribution in [1.82, 2.24) is 0 Å². The van der Waals surface area contributed by atoms with Crippen LogP contribution < -0.4 is 24.5 Å². The van der Waals surface area contributed by atoms with Crippen LogP contribution in [0.2, 0.25) is 0 Å². The minimum atomic E-state index is -0.728. The van der Waals surface area contributed by atoms with Gasteiger partial charge in [-0.15, -0.1) is 0 Å². The third-order valence-electron chi connectivity index (χ3n) is 6.06. The first-order valence-corrected chi connectivity index (χ1v) is 11.6. The Bertz CT molecular complexity index is 1500. The smallest absolute Gasteiger partial charge is 0.295 e. The summed E-state index contributed by atoms with van der Waals surface area (Å²) >= 11 is 0. The molecule has 36 heavy (non-hydrogen) atoms. The first kappa shape index (κ1) is 23.2. The zero-order valence-corrected chi connectivity index (χ0v) is 20.0. The second kappa shape index (κ2) is 9.62. The second-order valence-corrected chi connectivity index (χ2v) is 8.18. The fourth-order valence-electron chi connectivity index (χ4n) is 4.49. The Hall–Kier alpha value is -4.52. The normalized spacial score (nSPS) is 14.6.